The lowest BCUT2D eigenvalue weighted by atomic mass is 10.2. The molecule has 0 saturated carbocycles. The van der Waals surface area contributed by atoms with Crippen LogP contribution in [-0.2, 0) is 4.84 Å². The van der Waals surface area contributed by atoms with Crippen LogP contribution >= 0.6 is 38.5 Å². The highest BCUT2D eigenvalue weighted by Crippen LogP contribution is 2.19. The van der Waals surface area contributed by atoms with E-state index in [9.17, 15) is 9.59 Å². The lowest BCUT2D eigenvalue weighted by molar-refractivity contribution is 0.0596. The van der Waals surface area contributed by atoms with Gasteiger partial charge in [0.25, 0.3) is 5.91 Å². The molecule has 0 unspecified atom stereocenters. The van der Waals surface area contributed by atoms with Crippen LogP contribution in [0.4, 0.5) is 11.4 Å². The van der Waals surface area contributed by atoms with Gasteiger partial charge in [0.1, 0.15) is 0 Å². The predicted molar refractivity (Wildman–Crippen MR) is 118 cm³/mol. The molecule has 0 fully saturated rings. The molecule has 140 valence electrons. The first kappa shape index (κ1) is 20.2. The second-order valence-electron chi connectivity index (χ2n) is 5.53. The summed E-state index contributed by atoms with van der Waals surface area (Å²) >= 11 is 5.39. The van der Waals surface area contributed by atoms with Crippen molar-refractivity contribution in [2.45, 2.75) is 0 Å². The molecule has 8 heteroatoms. The fourth-order valence-corrected chi connectivity index (χ4v) is 3.02. The molecule has 3 aromatic rings. The number of halogens is 2. The monoisotopic (exact) mass is 549 g/mol. The number of rotatable bonds is 5. The molecule has 6 nitrogen and oxygen atoms in total. The molecule has 3 aromatic carbocycles. The van der Waals surface area contributed by atoms with Crippen molar-refractivity contribution in [1.82, 2.24) is 0 Å². The number of nitrogens with zero attached hydrogens (tertiary/aromatic N) is 2. The predicted octanol–water partition coefficient (Wildman–Crippen LogP) is 6.16. The van der Waals surface area contributed by atoms with Gasteiger partial charge in [-0.05, 0) is 83.3 Å². The Labute approximate surface area is 183 Å². The van der Waals surface area contributed by atoms with E-state index in [1.165, 1.54) is 0 Å². The third-order valence-electron chi connectivity index (χ3n) is 3.57. The highest BCUT2D eigenvalue weighted by molar-refractivity contribution is 14.1. The highest BCUT2D eigenvalue weighted by atomic mass is 127. The minimum absolute atomic E-state index is 0.407. The zero-order valence-corrected chi connectivity index (χ0v) is 18.0. The maximum Gasteiger partial charge on any atom is 0.362 e. The minimum atomic E-state index is -0.501. The molecule has 1 amide bonds. The van der Waals surface area contributed by atoms with E-state index < -0.39 is 11.9 Å². The Bertz CT molecular complexity index is 1020. The molecule has 0 aliphatic carbocycles. The Morgan fingerprint density at radius 3 is 2.29 bits per heavy atom. The largest absolute Gasteiger partial charge is 0.362 e. The van der Waals surface area contributed by atoms with Crippen molar-refractivity contribution in [3.63, 3.8) is 0 Å². The summed E-state index contributed by atoms with van der Waals surface area (Å²) < 4.78 is 1.69. The molecule has 0 aliphatic rings. The van der Waals surface area contributed by atoms with Crippen molar-refractivity contribution in [1.29, 1.82) is 0 Å². The first-order valence-electron chi connectivity index (χ1n) is 8.06. The average molecular weight is 550 g/mol. The Morgan fingerprint density at radius 2 is 1.61 bits per heavy atom. The summed E-state index contributed by atoms with van der Waals surface area (Å²) in [6, 6.07) is 20.6. The van der Waals surface area contributed by atoms with Crippen LogP contribution in [0, 0.1) is 3.57 Å². The maximum atomic E-state index is 12.1. The van der Waals surface area contributed by atoms with E-state index in [0.29, 0.717) is 22.5 Å². The number of carbonyl (C=O) groups excluding carboxylic acids is 2. The standard InChI is InChI=1S/C20H13BrIN3O3/c21-14-7-5-13(6-8-14)20(27)28-25-16-11-9-15(10-12-16)23-24-19(26)17-3-1-2-4-18(17)22/h1-12,25H. The van der Waals surface area contributed by atoms with Crippen molar-refractivity contribution in [3.05, 3.63) is 92.0 Å². The molecule has 0 spiro atoms. The molecule has 0 bridgehead atoms. The molecular formula is C20H13BrIN3O3. The fourth-order valence-electron chi connectivity index (χ4n) is 2.14. The minimum Gasteiger partial charge on any atom is -0.338 e. The number of hydrogen-bond acceptors (Lipinski definition) is 5. The van der Waals surface area contributed by atoms with Crippen LogP contribution in [0.1, 0.15) is 20.7 Å². The van der Waals surface area contributed by atoms with Gasteiger partial charge in [0.05, 0.1) is 22.5 Å². The van der Waals surface area contributed by atoms with Crippen molar-refractivity contribution < 1.29 is 14.4 Å². The lowest BCUT2D eigenvalue weighted by Gasteiger charge is -2.07. The Kier molecular flexibility index (Phi) is 6.88. The molecule has 0 saturated heterocycles. The average Bonchev–Trinajstić information content (AvgIpc) is 2.72. The third-order valence-corrected chi connectivity index (χ3v) is 5.04. The summed E-state index contributed by atoms with van der Waals surface area (Å²) in [5.74, 6) is -0.907. The molecule has 0 aromatic heterocycles. The van der Waals surface area contributed by atoms with Gasteiger partial charge in [-0.25, -0.2) is 10.3 Å². The van der Waals surface area contributed by atoms with E-state index in [1.54, 1.807) is 60.7 Å². The van der Waals surface area contributed by atoms with E-state index in [1.807, 2.05) is 12.1 Å². The van der Waals surface area contributed by atoms with Crippen LogP contribution in [0.3, 0.4) is 0 Å². The van der Waals surface area contributed by atoms with Crippen LogP contribution in [0.25, 0.3) is 0 Å². The van der Waals surface area contributed by atoms with Crippen molar-refractivity contribution in [2.75, 3.05) is 5.48 Å². The van der Waals surface area contributed by atoms with Gasteiger partial charge >= 0.3 is 5.97 Å². The Balaban J connectivity index is 1.57. The summed E-state index contributed by atoms with van der Waals surface area (Å²) in [7, 11) is 0. The summed E-state index contributed by atoms with van der Waals surface area (Å²) in [4.78, 5) is 29.1. The van der Waals surface area contributed by atoms with Crippen molar-refractivity contribution in [3.8, 4) is 0 Å². The maximum absolute atomic E-state index is 12.1. The lowest BCUT2D eigenvalue weighted by Crippen LogP contribution is -2.10. The van der Waals surface area contributed by atoms with Crippen molar-refractivity contribution in [2.24, 2.45) is 10.2 Å². The highest BCUT2D eigenvalue weighted by Gasteiger charge is 2.09. The molecule has 3 rings (SSSR count). The fraction of sp³-hybridized carbons (Fsp3) is 0. The van der Waals surface area contributed by atoms with Crippen LogP contribution < -0.4 is 5.48 Å². The van der Waals surface area contributed by atoms with E-state index >= 15 is 0 Å². The summed E-state index contributed by atoms with van der Waals surface area (Å²) in [6.45, 7) is 0. The smallest absolute Gasteiger partial charge is 0.338 e. The van der Waals surface area contributed by atoms with E-state index in [4.69, 9.17) is 4.84 Å². The number of carbonyl (C=O) groups is 2. The summed E-state index contributed by atoms with van der Waals surface area (Å²) in [6.07, 6.45) is 0. The van der Waals surface area contributed by atoms with Gasteiger partial charge < -0.3 is 4.84 Å². The van der Waals surface area contributed by atoms with Crippen molar-refractivity contribution >= 4 is 61.8 Å². The SMILES string of the molecule is O=C(ONc1ccc(N=NC(=O)c2ccccc2I)cc1)c1ccc(Br)cc1. The van der Waals surface area contributed by atoms with Gasteiger partial charge in [-0.2, -0.15) is 0 Å². The topological polar surface area (TPSA) is 80.1 Å². The summed E-state index contributed by atoms with van der Waals surface area (Å²) in [5, 5.41) is 7.70. The normalized spacial score (nSPS) is 10.6. The molecule has 0 heterocycles. The number of azo groups is 1. The van der Waals surface area contributed by atoms with Crippen LogP contribution in [-0.4, -0.2) is 11.9 Å². The first-order valence-corrected chi connectivity index (χ1v) is 9.93. The molecular weight excluding hydrogens is 537 g/mol. The van der Waals surface area contributed by atoms with Gasteiger partial charge in [-0.1, -0.05) is 28.1 Å². The molecule has 0 radical (unpaired) electrons. The second kappa shape index (κ2) is 9.56. The third kappa shape index (κ3) is 5.46. The van der Waals surface area contributed by atoms with E-state index in [0.717, 1.165) is 8.04 Å². The number of amides is 1. The second-order valence-corrected chi connectivity index (χ2v) is 7.61. The number of nitrogens with one attached hydrogen (secondary N) is 1. The van der Waals surface area contributed by atoms with Crippen LogP contribution in [0.15, 0.2) is 87.5 Å². The molecule has 0 atom stereocenters. The van der Waals surface area contributed by atoms with Gasteiger partial charge in [0.2, 0.25) is 0 Å². The number of benzene rings is 3. The molecule has 28 heavy (non-hydrogen) atoms. The zero-order chi connectivity index (χ0) is 19.9. The molecule has 0 aliphatic heterocycles. The van der Waals surface area contributed by atoms with Gasteiger partial charge in [0, 0.05) is 8.04 Å². The number of anilines is 1. The first-order chi connectivity index (χ1) is 13.5. The van der Waals surface area contributed by atoms with Crippen LogP contribution in [0.2, 0.25) is 0 Å². The Hall–Kier alpha value is -2.59. The number of hydrogen-bond donors (Lipinski definition) is 1. The Morgan fingerprint density at radius 1 is 0.929 bits per heavy atom. The van der Waals surface area contributed by atoms with E-state index in [-0.39, 0.29) is 0 Å². The zero-order valence-electron chi connectivity index (χ0n) is 14.3. The van der Waals surface area contributed by atoms with Gasteiger partial charge in [-0.3, -0.25) is 4.79 Å². The molecule has 1 N–H and O–H groups in total. The summed E-state index contributed by atoms with van der Waals surface area (Å²) in [5.41, 5.74) is 4.58. The van der Waals surface area contributed by atoms with Crippen LogP contribution in [0.5, 0.6) is 0 Å². The van der Waals surface area contributed by atoms with Gasteiger partial charge in [-0.15, -0.1) is 10.2 Å². The quantitative estimate of drug-likeness (QED) is 0.235. The van der Waals surface area contributed by atoms with E-state index in [2.05, 4.69) is 54.2 Å². The van der Waals surface area contributed by atoms with Gasteiger partial charge in [0.15, 0.2) is 0 Å².